The van der Waals surface area contributed by atoms with E-state index in [0.717, 1.165) is 12.0 Å². The number of hydrogen-bond donors (Lipinski definition) is 2. The second kappa shape index (κ2) is 6.75. The summed E-state index contributed by atoms with van der Waals surface area (Å²) in [5.74, 6) is 0.169. The number of benzene rings is 1. The molecule has 1 atom stereocenters. The van der Waals surface area contributed by atoms with Crippen molar-refractivity contribution in [2.45, 2.75) is 32.4 Å². The molecule has 0 radical (unpaired) electrons. The maximum Gasteiger partial charge on any atom is 0.222 e. The fourth-order valence-electron chi connectivity index (χ4n) is 2.10. The number of aromatic hydroxyl groups is 1. The number of nitrogens with one attached hydrogen (secondary N) is 1. The van der Waals surface area contributed by atoms with Crippen molar-refractivity contribution < 1.29 is 9.90 Å². The Morgan fingerprint density at radius 1 is 1.40 bits per heavy atom. The summed E-state index contributed by atoms with van der Waals surface area (Å²) in [6.45, 7) is 2.53. The molecule has 0 spiro atoms. The third kappa shape index (κ3) is 3.60. The predicted octanol–water partition coefficient (Wildman–Crippen LogP) is 2.25. The summed E-state index contributed by atoms with van der Waals surface area (Å²) in [4.78, 5) is 12.0. The van der Waals surface area contributed by atoms with Gasteiger partial charge in [0.2, 0.25) is 5.91 Å². The molecule has 0 bridgehead atoms. The van der Waals surface area contributed by atoms with Crippen LogP contribution in [0.5, 0.6) is 5.75 Å². The summed E-state index contributed by atoms with van der Waals surface area (Å²) in [6, 6.07) is 8.75. The summed E-state index contributed by atoms with van der Waals surface area (Å²) >= 11 is 0. The highest BCUT2D eigenvalue weighted by Crippen LogP contribution is 2.25. The third-order valence-electron chi connectivity index (χ3n) is 3.18. The van der Waals surface area contributed by atoms with E-state index in [-0.39, 0.29) is 17.7 Å². The number of rotatable bonds is 6. The largest absolute Gasteiger partial charge is 0.508 e. The Labute approximate surface area is 118 Å². The molecule has 0 saturated heterocycles. The van der Waals surface area contributed by atoms with Crippen molar-refractivity contribution in [3.63, 3.8) is 0 Å². The molecule has 0 aliphatic carbocycles. The maximum atomic E-state index is 12.0. The zero-order valence-electron chi connectivity index (χ0n) is 11.5. The molecule has 1 aromatic heterocycles. The van der Waals surface area contributed by atoms with Gasteiger partial charge in [-0.2, -0.15) is 5.10 Å². The van der Waals surface area contributed by atoms with Crippen LogP contribution < -0.4 is 5.32 Å². The number of hydrogen-bond acceptors (Lipinski definition) is 3. The maximum absolute atomic E-state index is 12.0. The second-order valence-electron chi connectivity index (χ2n) is 4.61. The lowest BCUT2D eigenvalue weighted by atomic mass is 10.0. The first-order chi connectivity index (χ1) is 9.70. The highest BCUT2D eigenvalue weighted by molar-refractivity contribution is 5.76. The van der Waals surface area contributed by atoms with Crippen LogP contribution >= 0.6 is 0 Å². The Bertz CT molecular complexity index is 552. The van der Waals surface area contributed by atoms with E-state index in [1.54, 1.807) is 23.0 Å². The molecule has 5 heteroatoms. The van der Waals surface area contributed by atoms with Gasteiger partial charge in [-0.3, -0.25) is 9.48 Å². The van der Waals surface area contributed by atoms with Gasteiger partial charge in [-0.05, 0) is 18.6 Å². The summed E-state index contributed by atoms with van der Waals surface area (Å²) < 4.78 is 1.72. The molecular formula is C15H19N3O2. The summed E-state index contributed by atoms with van der Waals surface area (Å²) in [7, 11) is 0. The molecule has 5 nitrogen and oxygen atoms in total. The molecular weight excluding hydrogens is 254 g/mol. The quantitative estimate of drug-likeness (QED) is 0.848. The van der Waals surface area contributed by atoms with Gasteiger partial charge < -0.3 is 10.4 Å². The zero-order valence-corrected chi connectivity index (χ0v) is 11.5. The van der Waals surface area contributed by atoms with Gasteiger partial charge in [-0.25, -0.2) is 0 Å². The topological polar surface area (TPSA) is 67.2 Å². The number of phenols is 1. The van der Waals surface area contributed by atoms with E-state index < -0.39 is 0 Å². The monoisotopic (exact) mass is 273 g/mol. The molecule has 1 heterocycles. The number of aryl methyl sites for hydroxylation is 1. The number of aromatic nitrogens is 2. The molecule has 2 aromatic rings. The van der Waals surface area contributed by atoms with Gasteiger partial charge in [-0.15, -0.1) is 0 Å². The molecule has 1 amide bonds. The van der Waals surface area contributed by atoms with Crippen molar-refractivity contribution in [2.24, 2.45) is 0 Å². The van der Waals surface area contributed by atoms with E-state index in [1.165, 1.54) is 0 Å². The molecule has 0 unspecified atom stereocenters. The SMILES string of the molecule is CC[C@@H](NC(=O)CCn1cccn1)c1ccccc1O. The van der Waals surface area contributed by atoms with E-state index in [0.29, 0.717) is 13.0 Å². The van der Waals surface area contributed by atoms with Crippen LogP contribution in [0.15, 0.2) is 42.7 Å². The van der Waals surface area contributed by atoms with Crippen molar-refractivity contribution in [3.8, 4) is 5.75 Å². The van der Waals surface area contributed by atoms with Crippen molar-refractivity contribution in [2.75, 3.05) is 0 Å². The molecule has 0 aliphatic heterocycles. The van der Waals surface area contributed by atoms with Gasteiger partial charge in [-0.1, -0.05) is 25.1 Å². The lowest BCUT2D eigenvalue weighted by Gasteiger charge is -2.18. The lowest BCUT2D eigenvalue weighted by Crippen LogP contribution is -2.29. The van der Waals surface area contributed by atoms with E-state index in [4.69, 9.17) is 0 Å². The van der Waals surface area contributed by atoms with E-state index in [9.17, 15) is 9.90 Å². The Hall–Kier alpha value is -2.30. The standard InChI is InChI=1S/C15H19N3O2/c1-2-13(12-6-3-4-7-14(12)19)17-15(20)8-11-18-10-5-9-16-18/h3-7,9-10,13,19H,2,8,11H2,1H3,(H,17,20)/t13-/m1/s1. The van der Waals surface area contributed by atoms with Gasteiger partial charge in [0.25, 0.3) is 0 Å². The van der Waals surface area contributed by atoms with E-state index in [2.05, 4.69) is 10.4 Å². The number of carbonyl (C=O) groups excluding carboxylic acids is 1. The van der Waals surface area contributed by atoms with Crippen molar-refractivity contribution in [1.29, 1.82) is 0 Å². The molecule has 2 rings (SSSR count). The van der Waals surface area contributed by atoms with Crippen LogP contribution in [0, 0.1) is 0 Å². The van der Waals surface area contributed by atoms with Gasteiger partial charge in [0.1, 0.15) is 5.75 Å². The smallest absolute Gasteiger partial charge is 0.222 e. The number of amides is 1. The molecule has 0 fully saturated rings. The van der Waals surface area contributed by atoms with Gasteiger partial charge >= 0.3 is 0 Å². The second-order valence-corrected chi connectivity index (χ2v) is 4.61. The molecule has 2 N–H and O–H groups in total. The predicted molar refractivity (Wildman–Crippen MR) is 76.1 cm³/mol. The van der Waals surface area contributed by atoms with Crippen molar-refractivity contribution in [3.05, 3.63) is 48.3 Å². The molecule has 0 aliphatic rings. The fraction of sp³-hybridized carbons (Fsp3) is 0.333. The Balaban J connectivity index is 1.93. The minimum absolute atomic E-state index is 0.0457. The Morgan fingerprint density at radius 2 is 2.20 bits per heavy atom. The van der Waals surface area contributed by atoms with Crippen LogP contribution in [0.2, 0.25) is 0 Å². The van der Waals surface area contributed by atoms with Gasteiger partial charge in [0.05, 0.1) is 6.04 Å². The highest BCUT2D eigenvalue weighted by Gasteiger charge is 2.15. The average Bonchev–Trinajstić information content (AvgIpc) is 2.97. The number of phenolic OH excluding ortho intramolecular Hbond substituents is 1. The molecule has 106 valence electrons. The van der Waals surface area contributed by atoms with Crippen LogP contribution in [-0.4, -0.2) is 20.8 Å². The van der Waals surface area contributed by atoms with Crippen LogP contribution in [0.1, 0.15) is 31.4 Å². The first-order valence-corrected chi connectivity index (χ1v) is 6.75. The van der Waals surface area contributed by atoms with Crippen molar-refractivity contribution in [1.82, 2.24) is 15.1 Å². The first-order valence-electron chi connectivity index (χ1n) is 6.75. The molecule has 1 aromatic carbocycles. The average molecular weight is 273 g/mol. The van der Waals surface area contributed by atoms with E-state index >= 15 is 0 Å². The number of carbonyl (C=O) groups is 1. The van der Waals surface area contributed by atoms with E-state index in [1.807, 2.05) is 31.3 Å². The van der Waals surface area contributed by atoms with Crippen LogP contribution in [0.25, 0.3) is 0 Å². The lowest BCUT2D eigenvalue weighted by molar-refractivity contribution is -0.122. The summed E-state index contributed by atoms with van der Waals surface area (Å²) in [5.41, 5.74) is 0.752. The number of para-hydroxylation sites is 1. The summed E-state index contributed by atoms with van der Waals surface area (Å²) in [6.07, 6.45) is 4.61. The number of nitrogens with zero attached hydrogens (tertiary/aromatic N) is 2. The van der Waals surface area contributed by atoms with Crippen LogP contribution in [0.3, 0.4) is 0 Å². The highest BCUT2D eigenvalue weighted by atomic mass is 16.3. The van der Waals surface area contributed by atoms with Crippen LogP contribution in [0.4, 0.5) is 0 Å². The minimum Gasteiger partial charge on any atom is -0.508 e. The first kappa shape index (κ1) is 14.1. The minimum atomic E-state index is -0.165. The Morgan fingerprint density at radius 3 is 2.85 bits per heavy atom. The van der Waals surface area contributed by atoms with Crippen LogP contribution in [-0.2, 0) is 11.3 Å². The zero-order chi connectivity index (χ0) is 14.4. The normalized spacial score (nSPS) is 12.1. The van der Waals surface area contributed by atoms with Crippen molar-refractivity contribution >= 4 is 5.91 Å². The third-order valence-corrected chi connectivity index (χ3v) is 3.18. The molecule has 0 saturated carbocycles. The Kier molecular flexibility index (Phi) is 4.76. The molecule has 20 heavy (non-hydrogen) atoms. The summed E-state index contributed by atoms with van der Waals surface area (Å²) in [5, 5.41) is 16.8. The van der Waals surface area contributed by atoms with Gasteiger partial charge in [0.15, 0.2) is 0 Å². The van der Waals surface area contributed by atoms with Gasteiger partial charge in [0, 0.05) is 30.9 Å². The fourth-order valence-corrected chi connectivity index (χ4v) is 2.10.